The zero-order valence-corrected chi connectivity index (χ0v) is 12.3. The molecule has 2 aromatic heterocycles. The molecule has 0 atom stereocenters. The standard InChI is InChI=1S/C14H18N4O3/c1-9-6-15-12(10(2)14(9)21-3)8-18-7-11(16-17-18)4-5-13(19)20/h6-7H,4-5,8H2,1-3H3,(H,19,20). The highest BCUT2D eigenvalue weighted by Gasteiger charge is 2.11. The molecule has 0 spiro atoms. The maximum atomic E-state index is 10.5. The Morgan fingerprint density at radius 2 is 2.19 bits per heavy atom. The molecule has 0 fully saturated rings. The fourth-order valence-corrected chi connectivity index (χ4v) is 2.15. The third-order valence-electron chi connectivity index (χ3n) is 3.24. The molecule has 7 heteroatoms. The zero-order chi connectivity index (χ0) is 15.4. The number of carboxylic acid groups (broad SMARTS) is 1. The maximum Gasteiger partial charge on any atom is 0.303 e. The van der Waals surface area contributed by atoms with Crippen LogP contribution in [-0.4, -0.2) is 38.2 Å². The Labute approximate surface area is 122 Å². The summed E-state index contributed by atoms with van der Waals surface area (Å²) in [5, 5.41) is 16.6. The van der Waals surface area contributed by atoms with Crippen molar-refractivity contribution in [3.05, 3.63) is 34.9 Å². The second-order valence-electron chi connectivity index (χ2n) is 4.85. The van der Waals surface area contributed by atoms with Crippen molar-refractivity contribution in [1.82, 2.24) is 20.0 Å². The van der Waals surface area contributed by atoms with E-state index < -0.39 is 5.97 Å². The maximum absolute atomic E-state index is 10.5. The Morgan fingerprint density at radius 3 is 2.86 bits per heavy atom. The van der Waals surface area contributed by atoms with Crippen molar-refractivity contribution in [2.45, 2.75) is 33.2 Å². The molecule has 0 aliphatic carbocycles. The molecule has 2 rings (SSSR count). The molecule has 0 radical (unpaired) electrons. The zero-order valence-electron chi connectivity index (χ0n) is 12.3. The van der Waals surface area contributed by atoms with Gasteiger partial charge in [0, 0.05) is 29.9 Å². The average molecular weight is 290 g/mol. The lowest BCUT2D eigenvalue weighted by molar-refractivity contribution is -0.136. The second-order valence-corrected chi connectivity index (χ2v) is 4.85. The number of rotatable bonds is 6. The molecule has 0 saturated carbocycles. The van der Waals surface area contributed by atoms with Gasteiger partial charge in [0.05, 0.1) is 31.5 Å². The Bertz CT molecular complexity index is 652. The van der Waals surface area contributed by atoms with Gasteiger partial charge in [-0.05, 0) is 13.8 Å². The van der Waals surface area contributed by atoms with E-state index in [2.05, 4.69) is 15.3 Å². The summed E-state index contributed by atoms with van der Waals surface area (Å²) in [6, 6.07) is 0. The SMILES string of the molecule is COc1c(C)cnc(Cn2cc(CCC(=O)O)nn2)c1C. The molecule has 0 amide bonds. The number of carboxylic acids is 1. The molecule has 1 N–H and O–H groups in total. The molecule has 0 bridgehead atoms. The van der Waals surface area contributed by atoms with E-state index in [0.29, 0.717) is 18.7 Å². The first-order valence-corrected chi connectivity index (χ1v) is 6.61. The predicted molar refractivity (Wildman–Crippen MR) is 75.3 cm³/mol. The largest absolute Gasteiger partial charge is 0.496 e. The van der Waals surface area contributed by atoms with Gasteiger partial charge >= 0.3 is 5.97 Å². The number of aryl methyl sites for hydroxylation is 2. The van der Waals surface area contributed by atoms with Crippen molar-refractivity contribution in [1.29, 1.82) is 0 Å². The molecule has 2 heterocycles. The van der Waals surface area contributed by atoms with Crippen molar-refractivity contribution >= 4 is 5.97 Å². The molecule has 112 valence electrons. The average Bonchev–Trinajstić information content (AvgIpc) is 2.88. The van der Waals surface area contributed by atoms with Gasteiger partial charge in [-0.1, -0.05) is 5.21 Å². The number of carbonyl (C=O) groups is 1. The fraction of sp³-hybridized carbons (Fsp3) is 0.429. The highest BCUT2D eigenvalue weighted by Crippen LogP contribution is 2.24. The third-order valence-corrected chi connectivity index (χ3v) is 3.24. The first-order chi connectivity index (χ1) is 10.0. The lowest BCUT2D eigenvalue weighted by atomic mass is 10.1. The summed E-state index contributed by atoms with van der Waals surface area (Å²) in [4.78, 5) is 14.9. The van der Waals surface area contributed by atoms with Gasteiger partial charge in [-0.15, -0.1) is 5.10 Å². The van der Waals surface area contributed by atoms with E-state index in [-0.39, 0.29) is 6.42 Å². The predicted octanol–water partition coefficient (Wildman–Crippen LogP) is 1.36. The molecule has 7 nitrogen and oxygen atoms in total. The molecular weight excluding hydrogens is 272 g/mol. The van der Waals surface area contributed by atoms with Crippen molar-refractivity contribution in [3.8, 4) is 5.75 Å². The minimum atomic E-state index is -0.842. The summed E-state index contributed by atoms with van der Waals surface area (Å²) in [6.07, 6.45) is 3.94. The molecule has 0 aliphatic heterocycles. The van der Waals surface area contributed by atoms with Crippen molar-refractivity contribution in [2.75, 3.05) is 7.11 Å². The quantitative estimate of drug-likeness (QED) is 0.864. The van der Waals surface area contributed by atoms with Gasteiger partial charge in [0.1, 0.15) is 5.75 Å². The third kappa shape index (κ3) is 3.56. The van der Waals surface area contributed by atoms with Crippen LogP contribution in [-0.2, 0) is 17.8 Å². The van der Waals surface area contributed by atoms with Gasteiger partial charge in [0.15, 0.2) is 0 Å². The summed E-state index contributed by atoms with van der Waals surface area (Å²) in [5.41, 5.74) is 3.47. The number of hydrogen-bond acceptors (Lipinski definition) is 5. The van der Waals surface area contributed by atoms with E-state index >= 15 is 0 Å². The number of hydrogen-bond donors (Lipinski definition) is 1. The number of pyridine rings is 1. The van der Waals surface area contributed by atoms with Gasteiger partial charge in [-0.2, -0.15) is 0 Å². The number of aliphatic carboxylic acids is 1. The van der Waals surface area contributed by atoms with Gasteiger partial charge < -0.3 is 9.84 Å². The van der Waals surface area contributed by atoms with Crippen molar-refractivity contribution in [2.24, 2.45) is 0 Å². The summed E-state index contributed by atoms with van der Waals surface area (Å²) in [7, 11) is 1.64. The van der Waals surface area contributed by atoms with Crippen LogP contribution in [0.15, 0.2) is 12.4 Å². The molecular formula is C14H18N4O3. The molecule has 21 heavy (non-hydrogen) atoms. The summed E-state index contributed by atoms with van der Waals surface area (Å²) in [5.74, 6) is -0.0171. The van der Waals surface area contributed by atoms with Crippen LogP contribution in [0.4, 0.5) is 0 Å². The smallest absolute Gasteiger partial charge is 0.303 e. The lowest BCUT2D eigenvalue weighted by Crippen LogP contribution is -2.06. The first-order valence-electron chi connectivity index (χ1n) is 6.61. The first kappa shape index (κ1) is 15.0. The van der Waals surface area contributed by atoms with Crippen LogP contribution in [0.1, 0.15) is 28.9 Å². The van der Waals surface area contributed by atoms with E-state index in [9.17, 15) is 4.79 Å². The minimum Gasteiger partial charge on any atom is -0.496 e. The molecule has 0 aliphatic rings. The second kappa shape index (κ2) is 6.34. The monoisotopic (exact) mass is 290 g/mol. The van der Waals surface area contributed by atoms with Crippen LogP contribution >= 0.6 is 0 Å². The highest BCUT2D eigenvalue weighted by atomic mass is 16.5. The van der Waals surface area contributed by atoms with Crippen molar-refractivity contribution in [3.63, 3.8) is 0 Å². The van der Waals surface area contributed by atoms with E-state index in [1.807, 2.05) is 13.8 Å². The Morgan fingerprint density at radius 1 is 1.43 bits per heavy atom. The summed E-state index contributed by atoms with van der Waals surface area (Å²) in [6.45, 7) is 4.38. The normalized spacial score (nSPS) is 10.6. The molecule has 0 saturated heterocycles. The number of ether oxygens (including phenoxy) is 1. The molecule has 0 aromatic carbocycles. The number of methoxy groups -OCH3 is 1. The minimum absolute atomic E-state index is 0.0499. The van der Waals surface area contributed by atoms with Crippen LogP contribution < -0.4 is 4.74 Å². The van der Waals surface area contributed by atoms with Crippen LogP contribution in [0.25, 0.3) is 0 Å². The van der Waals surface area contributed by atoms with E-state index in [0.717, 1.165) is 22.6 Å². The van der Waals surface area contributed by atoms with Gasteiger partial charge in [-0.3, -0.25) is 9.78 Å². The number of nitrogens with zero attached hydrogens (tertiary/aromatic N) is 4. The topological polar surface area (TPSA) is 90.1 Å². The Kier molecular flexibility index (Phi) is 4.52. The van der Waals surface area contributed by atoms with Crippen molar-refractivity contribution < 1.29 is 14.6 Å². The van der Waals surface area contributed by atoms with Gasteiger partial charge in [0.25, 0.3) is 0 Å². The Balaban J connectivity index is 2.13. The summed E-state index contributed by atoms with van der Waals surface area (Å²) >= 11 is 0. The van der Waals surface area contributed by atoms with E-state index in [1.165, 1.54) is 0 Å². The van der Waals surface area contributed by atoms with Gasteiger partial charge in [-0.25, -0.2) is 4.68 Å². The van der Waals surface area contributed by atoms with Crippen LogP contribution in [0.5, 0.6) is 5.75 Å². The lowest BCUT2D eigenvalue weighted by Gasteiger charge is -2.11. The molecule has 0 unspecified atom stereocenters. The van der Waals surface area contributed by atoms with Gasteiger partial charge in [0.2, 0.25) is 0 Å². The van der Waals surface area contributed by atoms with E-state index in [1.54, 1.807) is 24.2 Å². The van der Waals surface area contributed by atoms with E-state index in [4.69, 9.17) is 9.84 Å². The fourth-order valence-electron chi connectivity index (χ4n) is 2.15. The van der Waals surface area contributed by atoms with Crippen LogP contribution in [0, 0.1) is 13.8 Å². The number of aromatic nitrogens is 4. The van der Waals surface area contributed by atoms with Crippen LogP contribution in [0.2, 0.25) is 0 Å². The Hall–Kier alpha value is -2.44. The summed E-state index contributed by atoms with van der Waals surface area (Å²) < 4.78 is 7.03. The highest BCUT2D eigenvalue weighted by molar-refractivity contribution is 5.66. The molecule has 2 aromatic rings. The van der Waals surface area contributed by atoms with Crippen LogP contribution in [0.3, 0.4) is 0 Å².